The molecule has 1 fully saturated rings. The van der Waals surface area contributed by atoms with Gasteiger partial charge in [0.1, 0.15) is 0 Å². The van der Waals surface area contributed by atoms with Crippen LogP contribution in [-0.4, -0.2) is 44.8 Å². The van der Waals surface area contributed by atoms with E-state index < -0.39 is 12.3 Å². The van der Waals surface area contributed by atoms with Crippen molar-refractivity contribution in [3.05, 3.63) is 160 Å². The summed E-state index contributed by atoms with van der Waals surface area (Å²) in [6.07, 6.45) is -0.422. The van der Waals surface area contributed by atoms with Gasteiger partial charge in [-0.3, -0.25) is 14.5 Å². The second kappa shape index (κ2) is 14.2. The molecule has 7 rings (SSSR count). The van der Waals surface area contributed by atoms with Crippen LogP contribution in [-0.2, 0) is 22.6 Å². The van der Waals surface area contributed by atoms with Gasteiger partial charge in [-0.1, -0.05) is 84.9 Å². The van der Waals surface area contributed by atoms with Crippen LogP contribution in [0.2, 0.25) is 0 Å². The molecular weight excluding hydrogens is 639 g/mol. The van der Waals surface area contributed by atoms with Crippen LogP contribution in [0, 0.1) is 0 Å². The molecule has 2 aliphatic heterocycles. The number of hydrogen-bond acceptors (Lipinski definition) is 7. The first-order valence-corrected chi connectivity index (χ1v) is 17.0. The molecule has 3 atom stereocenters. The Morgan fingerprint density at radius 3 is 1.98 bits per heavy atom. The Morgan fingerprint density at radius 2 is 1.35 bits per heavy atom. The fourth-order valence-electron chi connectivity index (χ4n) is 6.22. The highest BCUT2D eigenvalue weighted by Gasteiger charge is 2.36. The summed E-state index contributed by atoms with van der Waals surface area (Å²) in [7, 11) is 0. The number of carboxylic acid groups (broad SMARTS) is 1. The minimum Gasteiger partial charge on any atom is -0.478 e. The maximum Gasteiger partial charge on any atom is 0.335 e. The number of amides is 2. The number of aliphatic hydroxyl groups excluding tert-OH is 1. The molecule has 0 aromatic heterocycles. The molecule has 0 radical (unpaired) electrons. The van der Waals surface area contributed by atoms with E-state index in [1.165, 1.54) is 4.90 Å². The van der Waals surface area contributed by atoms with Crippen LogP contribution in [0.1, 0.15) is 72.1 Å². The van der Waals surface area contributed by atoms with E-state index in [9.17, 15) is 24.6 Å². The minimum atomic E-state index is -0.959. The average Bonchev–Trinajstić information content (AvgIpc) is 3.39. The number of fused-ring (bicyclic) bond motifs is 1. The van der Waals surface area contributed by atoms with E-state index in [0.717, 1.165) is 38.3 Å². The number of aliphatic hydroxyl groups is 1. The van der Waals surface area contributed by atoms with Gasteiger partial charge < -0.3 is 19.7 Å². The molecule has 2 aliphatic rings. The first-order valence-electron chi connectivity index (χ1n) is 16.0. The Labute approximate surface area is 287 Å². The second-order valence-corrected chi connectivity index (χ2v) is 13.1. The molecular formula is C40H33NO7S. The predicted octanol–water partition coefficient (Wildman–Crippen LogP) is 7.68. The van der Waals surface area contributed by atoms with Crippen LogP contribution < -0.4 is 0 Å². The van der Waals surface area contributed by atoms with Crippen LogP contribution in [0.4, 0.5) is 0 Å². The van der Waals surface area contributed by atoms with E-state index in [1.54, 1.807) is 60.3 Å². The summed E-state index contributed by atoms with van der Waals surface area (Å²) in [6, 6.07) is 37.2. The number of ether oxygens (including phenoxy) is 2. The van der Waals surface area contributed by atoms with Crippen LogP contribution in [0.25, 0.3) is 11.1 Å². The van der Waals surface area contributed by atoms with Crippen LogP contribution in [0.5, 0.6) is 0 Å². The van der Waals surface area contributed by atoms with Crippen LogP contribution in [0.3, 0.4) is 0 Å². The summed E-state index contributed by atoms with van der Waals surface area (Å²) >= 11 is 1.60. The molecule has 3 unspecified atom stereocenters. The topological polar surface area (TPSA) is 113 Å². The fourth-order valence-corrected chi connectivity index (χ4v) is 7.14. The molecule has 0 saturated carbocycles. The number of imide groups is 1. The molecule has 8 nitrogen and oxygen atoms in total. The van der Waals surface area contributed by atoms with Crippen molar-refractivity contribution in [2.45, 2.75) is 43.0 Å². The summed E-state index contributed by atoms with van der Waals surface area (Å²) < 4.78 is 13.0. The molecule has 1 saturated heterocycles. The van der Waals surface area contributed by atoms with E-state index in [0.29, 0.717) is 23.3 Å². The lowest BCUT2D eigenvalue weighted by molar-refractivity contribution is -0.245. The maximum absolute atomic E-state index is 13.1. The van der Waals surface area contributed by atoms with Gasteiger partial charge >= 0.3 is 5.97 Å². The molecule has 9 heteroatoms. The molecule has 5 aromatic carbocycles. The maximum atomic E-state index is 13.1. The number of benzene rings is 5. The second-order valence-electron chi connectivity index (χ2n) is 12.0. The van der Waals surface area contributed by atoms with Crippen molar-refractivity contribution in [3.63, 3.8) is 0 Å². The fraction of sp³-hybridized carbons (Fsp3) is 0.175. The van der Waals surface area contributed by atoms with Crippen molar-refractivity contribution in [1.82, 2.24) is 4.90 Å². The quantitative estimate of drug-likeness (QED) is 0.115. The molecule has 0 bridgehead atoms. The summed E-state index contributed by atoms with van der Waals surface area (Å²) in [6.45, 7) is 0.125. The van der Waals surface area contributed by atoms with Gasteiger partial charge in [-0.25, -0.2) is 4.79 Å². The Hall–Kier alpha value is -5.06. The first kappa shape index (κ1) is 32.5. The number of nitrogens with zero attached hydrogens (tertiary/aromatic N) is 1. The summed E-state index contributed by atoms with van der Waals surface area (Å²) in [5, 5.41) is 18.8. The van der Waals surface area contributed by atoms with E-state index in [2.05, 4.69) is 0 Å². The zero-order valence-electron chi connectivity index (χ0n) is 26.4. The van der Waals surface area contributed by atoms with Gasteiger partial charge in [0.2, 0.25) is 0 Å². The van der Waals surface area contributed by atoms with E-state index in [1.807, 2.05) is 72.8 Å². The van der Waals surface area contributed by atoms with Gasteiger partial charge in [-0.05, 0) is 64.2 Å². The molecule has 246 valence electrons. The van der Waals surface area contributed by atoms with Gasteiger partial charge in [0.25, 0.3) is 11.8 Å². The molecule has 2 heterocycles. The zero-order chi connectivity index (χ0) is 33.9. The van der Waals surface area contributed by atoms with Crippen molar-refractivity contribution in [3.8, 4) is 11.1 Å². The monoisotopic (exact) mass is 671 g/mol. The summed E-state index contributed by atoms with van der Waals surface area (Å²) in [4.78, 5) is 39.7. The van der Waals surface area contributed by atoms with Gasteiger partial charge in [0.05, 0.1) is 42.0 Å². The number of carboxylic acids is 1. The summed E-state index contributed by atoms with van der Waals surface area (Å²) in [5.41, 5.74) is 6.46. The molecule has 2 N–H and O–H groups in total. The van der Waals surface area contributed by atoms with Gasteiger partial charge in [-0.15, -0.1) is 11.8 Å². The smallest absolute Gasteiger partial charge is 0.335 e. The van der Waals surface area contributed by atoms with Crippen LogP contribution in [0.15, 0.2) is 126 Å². The lowest BCUT2D eigenvalue weighted by Crippen LogP contribution is -2.31. The molecule has 49 heavy (non-hydrogen) atoms. The highest BCUT2D eigenvalue weighted by Crippen LogP contribution is 2.40. The highest BCUT2D eigenvalue weighted by atomic mass is 32.2. The first-order chi connectivity index (χ1) is 23.9. The van der Waals surface area contributed by atoms with Crippen molar-refractivity contribution < 1.29 is 34.1 Å². The lowest BCUT2D eigenvalue weighted by atomic mass is 9.97. The van der Waals surface area contributed by atoms with Crippen molar-refractivity contribution in [1.29, 1.82) is 0 Å². The summed E-state index contributed by atoms with van der Waals surface area (Å²) in [5.74, 6) is -0.897. The Balaban J connectivity index is 1.10. The third-order valence-corrected chi connectivity index (χ3v) is 10.0. The van der Waals surface area contributed by atoms with E-state index in [-0.39, 0.29) is 42.7 Å². The largest absolute Gasteiger partial charge is 0.478 e. The zero-order valence-corrected chi connectivity index (χ0v) is 27.2. The number of carbonyl (C=O) groups excluding carboxylic acids is 2. The van der Waals surface area contributed by atoms with Gasteiger partial charge in [0, 0.05) is 22.6 Å². The number of carbonyl (C=O) groups is 3. The Bertz CT molecular complexity index is 1960. The number of aromatic carboxylic acids is 1. The highest BCUT2D eigenvalue weighted by molar-refractivity contribution is 7.99. The third-order valence-electron chi connectivity index (χ3n) is 8.87. The van der Waals surface area contributed by atoms with Gasteiger partial charge in [0.15, 0.2) is 6.29 Å². The van der Waals surface area contributed by atoms with E-state index in [4.69, 9.17) is 9.47 Å². The van der Waals surface area contributed by atoms with Gasteiger partial charge in [-0.2, -0.15) is 0 Å². The van der Waals surface area contributed by atoms with Crippen molar-refractivity contribution >= 4 is 29.5 Å². The van der Waals surface area contributed by atoms with Crippen LogP contribution >= 0.6 is 11.8 Å². The molecule has 2 amide bonds. The molecule has 0 aliphatic carbocycles. The number of rotatable bonds is 10. The number of hydrogen-bond donors (Lipinski definition) is 2. The van der Waals surface area contributed by atoms with Crippen molar-refractivity contribution in [2.24, 2.45) is 0 Å². The van der Waals surface area contributed by atoms with E-state index >= 15 is 0 Å². The normalized spacial score (nSPS) is 18.8. The third kappa shape index (κ3) is 6.93. The predicted molar refractivity (Wildman–Crippen MR) is 185 cm³/mol. The minimum absolute atomic E-state index is 0.0365. The number of thioether (sulfide) groups is 1. The standard InChI is InChI=1S/C40H33NO7S/c42-23-25-9-11-27(12-10-25)36-21-31(24-49-32-19-17-28(18-20-32)39(45)46)47-40(48-36)29-15-13-26(14-16-29)33-6-2-1-5-30(33)22-41-37(43)34-7-3-4-8-35(34)38(41)44/h1-20,31,36,40,42H,21-24H2,(H,45,46). The Kier molecular flexibility index (Phi) is 9.41. The Morgan fingerprint density at radius 1 is 0.735 bits per heavy atom. The van der Waals surface area contributed by atoms with Crippen molar-refractivity contribution in [2.75, 3.05) is 5.75 Å². The molecule has 5 aromatic rings. The molecule has 0 spiro atoms. The average molecular weight is 672 g/mol. The SMILES string of the molecule is O=C(O)c1ccc(SCC2CC(c3ccc(CO)cc3)OC(c3ccc(-c4ccccc4CN4C(=O)c5ccccc5C4=O)cc3)O2)cc1. The lowest BCUT2D eigenvalue weighted by Gasteiger charge is -2.36.